The fourth-order valence-corrected chi connectivity index (χ4v) is 3.42. The number of nitrogens with zero attached hydrogens (tertiary/aromatic N) is 3. The molecule has 0 N–H and O–H groups in total. The first-order chi connectivity index (χ1) is 14.9. The van der Waals surface area contributed by atoms with Crippen molar-refractivity contribution in [3.8, 4) is 5.75 Å². The lowest BCUT2D eigenvalue weighted by Crippen LogP contribution is -2.50. The molecule has 1 amide bonds. The number of hydrogen-bond acceptors (Lipinski definition) is 7. The van der Waals surface area contributed by atoms with E-state index in [0.717, 1.165) is 5.56 Å². The van der Waals surface area contributed by atoms with Gasteiger partial charge in [-0.1, -0.05) is 18.2 Å². The molecular formula is C22H25N3O6. The van der Waals surface area contributed by atoms with Gasteiger partial charge in [0, 0.05) is 32.2 Å². The van der Waals surface area contributed by atoms with E-state index in [-0.39, 0.29) is 30.4 Å². The molecule has 0 aromatic heterocycles. The number of nitro benzene ring substituents is 1. The zero-order chi connectivity index (χ0) is 22.4. The van der Waals surface area contributed by atoms with Crippen LogP contribution in [0, 0.1) is 17.0 Å². The highest BCUT2D eigenvalue weighted by Gasteiger charge is 2.27. The van der Waals surface area contributed by atoms with E-state index in [1.54, 1.807) is 17.9 Å². The maximum Gasteiger partial charge on any atom is 0.338 e. The van der Waals surface area contributed by atoms with Crippen LogP contribution in [0.3, 0.4) is 0 Å². The molecule has 31 heavy (non-hydrogen) atoms. The van der Waals surface area contributed by atoms with E-state index in [9.17, 15) is 19.7 Å². The third-order valence-electron chi connectivity index (χ3n) is 5.10. The number of esters is 1. The molecule has 0 unspecified atom stereocenters. The number of nitro groups is 1. The molecule has 0 saturated carbocycles. The molecular weight excluding hydrogens is 402 g/mol. The van der Waals surface area contributed by atoms with Gasteiger partial charge in [0.25, 0.3) is 11.6 Å². The normalized spacial score (nSPS) is 13.6. The number of ether oxygens (including phenoxy) is 2. The van der Waals surface area contributed by atoms with Crippen molar-refractivity contribution in [1.29, 1.82) is 0 Å². The van der Waals surface area contributed by atoms with Crippen molar-refractivity contribution < 1.29 is 24.0 Å². The molecule has 2 aromatic rings. The topological polar surface area (TPSA) is 102 Å². The number of carbonyl (C=O) groups is 2. The molecule has 1 aliphatic heterocycles. The number of piperazine rings is 1. The van der Waals surface area contributed by atoms with E-state index in [4.69, 9.17) is 9.47 Å². The second-order valence-electron chi connectivity index (χ2n) is 7.10. The molecule has 0 aliphatic carbocycles. The Kier molecular flexibility index (Phi) is 7.07. The van der Waals surface area contributed by atoms with Crippen LogP contribution in [0.2, 0.25) is 0 Å². The molecule has 1 heterocycles. The van der Waals surface area contributed by atoms with Crippen molar-refractivity contribution >= 4 is 23.3 Å². The van der Waals surface area contributed by atoms with Crippen molar-refractivity contribution in [2.24, 2.45) is 0 Å². The van der Waals surface area contributed by atoms with Crippen molar-refractivity contribution in [3.05, 3.63) is 63.7 Å². The van der Waals surface area contributed by atoms with E-state index in [1.165, 1.54) is 12.1 Å². The van der Waals surface area contributed by atoms with Crippen LogP contribution in [0.4, 0.5) is 11.4 Å². The van der Waals surface area contributed by atoms with Gasteiger partial charge in [-0.3, -0.25) is 14.9 Å². The molecule has 3 rings (SSSR count). The van der Waals surface area contributed by atoms with Crippen LogP contribution in [0.25, 0.3) is 0 Å². The highest BCUT2D eigenvalue weighted by Crippen LogP contribution is 2.30. The molecule has 1 aliphatic rings. The number of para-hydroxylation sites is 1. The van der Waals surface area contributed by atoms with Crippen LogP contribution in [-0.2, 0) is 9.53 Å². The molecule has 0 spiro atoms. The van der Waals surface area contributed by atoms with Gasteiger partial charge < -0.3 is 19.3 Å². The lowest BCUT2D eigenvalue weighted by atomic mass is 10.1. The highest BCUT2D eigenvalue weighted by atomic mass is 16.6. The number of hydrogen-bond donors (Lipinski definition) is 0. The third kappa shape index (κ3) is 5.30. The lowest BCUT2D eigenvalue weighted by Gasteiger charge is -2.35. The van der Waals surface area contributed by atoms with E-state index in [0.29, 0.717) is 37.6 Å². The molecule has 1 fully saturated rings. The molecule has 1 saturated heterocycles. The second-order valence-corrected chi connectivity index (χ2v) is 7.10. The Morgan fingerprint density at radius 1 is 1.10 bits per heavy atom. The smallest absolute Gasteiger partial charge is 0.338 e. The van der Waals surface area contributed by atoms with Gasteiger partial charge in [0.15, 0.2) is 6.61 Å². The molecule has 9 nitrogen and oxygen atoms in total. The summed E-state index contributed by atoms with van der Waals surface area (Å²) in [6.45, 7) is 5.45. The molecule has 0 radical (unpaired) electrons. The fourth-order valence-electron chi connectivity index (χ4n) is 3.42. The largest absolute Gasteiger partial charge is 0.484 e. The standard InChI is InChI=1S/C22H25N3O6/c1-3-30-22(27)17-8-9-18(19(14-17)25(28)29)23-10-12-24(13-11-23)21(26)15-31-20-7-5-4-6-16(20)2/h4-9,14H,3,10-13,15H2,1-2H3. The first kappa shape index (κ1) is 22.1. The summed E-state index contributed by atoms with van der Waals surface area (Å²) >= 11 is 0. The average molecular weight is 427 g/mol. The van der Waals surface area contributed by atoms with Gasteiger partial charge in [-0.05, 0) is 37.6 Å². The molecule has 9 heteroatoms. The summed E-state index contributed by atoms with van der Waals surface area (Å²) in [5, 5.41) is 11.6. The number of rotatable bonds is 7. The summed E-state index contributed by atoms with van der Waals surface area (Å²) in [5.74, 6) is -0.0527. The summed E-state index contributed by atoms with van der Waals surface area (Å²) in [7, 11) is 0. The van der Waals surface area contributed by atoms with E-state index >= 15 is 0 Å². The Bertz CT molecular complexity index is 969. The number of benzene rings is 2. The zero-order valence-electron chi connectivity index (χ0n) is 17.6. The maximum absolute atomic E-state index is 12.5. The molecule has 0 atom stereocenters. The van der Waals surface area contributed by atoms with Crippen molar-refractivity contribution in [1.82, 2.24) is 4.90 Å². The Morgan fingerprint density at radius 2 is 1.81 bits per heavy atom. The summed E-state index contributed by atoms with van der Waals surface area (Å²) < 4.78 is 10.6. The van der Waals surface area contributed by atoms with E-state index in [2.05, 4.69) is 0 Å². The second kappa shape index (κ2) is 9.92. The summed E-state index contributed by atoms with van der Waals surface area (Å²) in [5.41, 5.74) is 1.35. The molecule has 0 bridgehead atoms. The van der Waals surface area contributed by atoms with Crippen LogP contribution >= 0.6 is 0 Å². The van der Waals surface area contributed by atoms with Crippen LogP contribution in [0.15, 0.2) is 42.5 Å². The number of carbonyl (C=O) groups excluding carboxylic acids is 2. The van der Waals surface area contributed by atoms with Crippen molar-refractivity contribution in [2.75, 3.05) is 44.3 Å². The van der Waals surface area contributed by atoms with Gasteiger partial charge in [-0.25, -0.2) is 4.79 Å². The summed E-state index contributed by atoms with van der Waals surface area (Å²) in [4.78, 5) is 39.0. The monoisotopic (exact) mass is 427 g/mol. The predicted octanol–water partition coefficient (Wildman–Crippen LogP) is 2.81. The van der Waals surface area contributed by atoms with Crippen LogP contribution < -0.4 is 9.64 Å². The molecule has 164 valence electrons. The number of amides is 1. The van der Waals surface area contributed by atoms with Gasteiger partial charge in [0.05, 0.1) is 17.1 Å². The first-order valence-electron chi connectivity index (χ1n) is 10.1. The molecule has 2 aromatic carbocycles. The van der Waals surface area contributed by atoms with Crippen molar-refractivity contribution in [2.45, 2.75) is 13.8 Å². The SMILES string of the molecule is CCOC(=O)c1ccc(N2CCN(C(=O)COc3ccccc3C)CC2)c([N+](=O)[O-])c1. The van der Waals surface area contributed by atoms with E-state index < -0.39 is 10.9 Å². The average Bonchev–Trinajstić information content (AvgIpc) is 2.78. The number of aryl methyl sites for hydroxylation is 1. The Balaban J connectivity index is 1.62. The highest BCUT2D eigenvalue weighted by molar-refractivity contribution is 5.91. The Hall–Kier alpha value is -3.62. The Morgan fingerprint density at radius 3 is 2.45 bits per heavy atom. The Labute approximate surface area is 180 Å². The van der Waals surface area contributed by atoms with Crippen LogP contribution in [0.1, 0.15) is 22.8 Å². The third-order valence-corrected chi connectivity index (χ3v) is 5.10. The van der Waals surface area contributed by atoms with Gasteiger partial charge in [-0.2, -0.15) is 0 Å². The lowest BCUT2D eigenvalue weighted by molar-refractivity contribution is -0.384. The number of anilines is 1. The van der Waals surface area contributed by atoms with E-state index in [1.807, 2.05) is 36.1 Å². The summed E-state index contributed by atoms with van der Waals surface area (Å²) in [6.07, 6.45) is 0. The maximum atomic E-state index is 12.5. The minimum atomic E-state index is -0.596. The van der Waals surface area contributed by atoms with Crippen molar-refractivity contribution in [3.63, 3.8) is 0 Å². The van der Waals surface area contributed by atoms with Crippen LogP contribution in [0.5, 0.6) is 5.75 Å². The van der Waals surface area contributed by atoms with Crippen LogP contribution in [-0.4, -0.2) is 61.1 Å². The fraction of sp³-hybridized carbons (Fsp3) is 0.364. The zero-order valence-corrected chi connectivity index (χ0v) is 17.6. The summed E-state index contributed by atoms with van der Waals surface area (Å²) in [6, 6.07) is 11.8. The van der Waals surface area contributed by atoms with Gasteiger partial charge >= 0.3 is 5.97 Å². The van der Waals surface area contributed by atoms with Gasteiger partial charge in [0.1, 0.15) is 11.4 Å². The first-order valence-corrected chi connectivity index (χ1v) is 10.1. The quantitative estimate of drug-likeness (QED) is 0.380. The van der Waals surface area contributed by atoms with Gasteiger partial charge in [-0.15, -0.1) is 0 Å². The minimum Gasteiger partial charge on any atom is -0.484 e. The van der Waals surface area contributed by atoms with Gasteiger partial charge in [0.2, 0.25) is 0 Å². The predicted molar refractivity (Wildman–Crippen MR) is 115 cm³/mol. The minimum absolute atomic E-state index is 0.0563.